The number of allylic oxidation sites excluding steroid dienone is 1. The molecule has 1 aromatic heterocycles. The number of anilines is 1. The Morgan fingerprint density at radius 2 is 1.75 bits per heavy atom. The van der Waals surface area contributed by atoms with Crippen LogP contribution in [0.4, 0.5) is 5.69 Å². The molecule has 0 radical (unpaired) electrons. The fourth-order valence-corrected chi connectivity index (χ4v) is 4.75. The summed E-state index contributed by atoms with van der Waals surface area (Å²) >= 11 is 1.36. The number of thioether (sulfide) groups is 1. The van der Waals surface area contributed by atoms with Gasteiger partial charge in [-0.15, -0.1) is 16.8 Å². The quantitative estimate of drug-likeness (QED) is 0.201. The van der Waals surface area contributed by atoms with E-state index in [1.165, 1.54) is 17.3 Å². The van der Waals surface area contributed by atoms with Crippen molar-refractivity contribution in [3.8, 4) is 5.75 Å². The molecule has 4 rings (SSSR count). The summed E-state index contributed by atoms with van der Waals surface area (Å²) in [6, 6.07) is 23.6. The van der Waals surface area contributed by atoms with Crippen LogP contribution in [-0.4, -0.2) is 20.7 Å². The molecule has 1 heterocycles. The standard InChI is InChI=1S/C29H30N4O2S/c1-5-17-33-26(19-35-24-15-12-20(2)13-16-24)31-32-29(33)36-27(23-9-7-6-8-10-23)28(34)30-25-18-21(3)11-14-22(25)4/h5-16,18,27H,1,17,19H2,2-4H3,(H,30,34)/t27-/m0/s1. The van der Waals surface area contributed by atoms with Gasteiger partial charge in [0.1, 0.15) is 17.6 Å². The molecule has 0 bridgehead atoms. The number of hydrogen-bond donors (Lipinski definition) is 1. The van der Waals surface area contributed by atoms with E-state index in [1.807, 2.05) is 98.1 Å². The second-order valence-electron chi connectivity index (χ2n) is 8.62. The molecule has 0 unspecified atom stereocenters. The number of rotatable bonds is 10. The summed E-state index contributed by atoms with van der Waals surface area (Å²) in [5, 5.41) is 12.0. The Kier molecular flexibility index (Phi) is 8.23. The molecule has 0 spiro atoms. The normalized spacial score (nSPS) is 11.6. The number of carbonyl (C=O) groups excluding carboxylic acids is 1. The number of hydrogen-bond acceptors (Lipinski definition) is 5. The minimum atomic E-state index is -0.523. The van der Waals surface area contributed by atoms with Crippen molar-refractivity contribution in [3.63, 3.8) is 0 Å². The summed E-state index contributed by atoms with van der Waals surface area (Å²) in [7, 11) is 0. The molecule has 184 valence electrons. The molecule has 36 heavy (non-hydrogen) atoms. The van der Waals surface area contributed by atoms with E-state index in [9.17, 15) is 4.79 Å². The molecule has 0 aliphatic heterocycles. The lowest BCUT2D eigenvalue weighted by Gasteiger charge is -2.18. The van der Waals surface area contributed by atoms with Crippen LogP contribution in [0.5, 0.6) is 5.75 Å². The third-order valence-corrected chi connectivity index (χ3v) is 6.94. The number of aromatic nitrogens is 3. The lowest BCUT2D eigenvalue weighted by molar-refractivity contribution is -0.115. The van der Waals surface area contributed by atoms with Gasteiger partial charge in [-0.25, -0.2) is 0 Å². The van der Waals surface area contributed by atoms with Crippen LogP contribution in [0.2, 0.25) is 0 Å². The Labute approximate surface area is 216 Å². The topological polar surface area (TPSA) is 69.0 Å². The van der Waals surface area contributed by atoms with Crippen molar-refractivity contribution in [1.82, 2.24) is 14.8 Å². The Balaban J connectivity index is 1.59. The number of amides is 1. The Morgan fingerprint density at radius 1 is 1.03 bits per heavy atom. The summed E-state index contributed by atoms with van der Waals surface area (Å²) in [5.41, 5.74) is 4.96. The maximum Gasteiger partial charge on any atom is 0.242 e. The first kappa shape index (κ1) is 25.3. The van der Waals surface area contributed by atoms with Gasteiger partial charge in [-0.05, 0) is 55.7 Å². The minimum absolute atomic E-state index is 0.120. The van der Waals surface area contributed by atoms with Gasteiger partial charge in [0.25, 0.3) is 0 Å². The molecule has 4 aromatic rings. The van der Waals surface area contributed by atoms with E-state index >= 15 is 0 Å². The van der Waals surface area contributed by atoms with Crippen LogP contribution >= 0.6 is 11.8 Å². The number of nitrogens with one attached hydrogen (secondary N) is 1. The molecule has 0 fully saturated rings. The highest BCUT2D eigenvalue weighted by Crippen LogP contribution is 2.36. The molecule has 1 atom stereocenters. The number of benzene rings is 3. The molecule has 0 aliphatic rings. The largest absolute Gasteiger partial charge is 0.486 e. The van der Waals surface area contributed by atoms with Crippen LogP contribution in [-0.2, 0) is 17.9 Å². The van der Waals surface area contributed by atoms with Gasteiger partial charge in [-0.3, -0.25) is 9.36 Å². The lowest BCUT2D eigenvalue weighted by Crippen LogP contribution is -2.20. The van der Waals surface area contributed by atoms with Crippen LogP contribution in [0, 0.1) is 20.8 Å². The van der Waals surface area contributed by atoms with Crippen molar-refractivity contribution in [2.24, 2.45) is 0 Å². The lowest BCUT2D eigenvalue weighted by atomic mass is 10.1. The molecule has 0 saturated carbocycles. The molecular weight excluding hydrogens is 468 g/mol. The van der Waals surface area contributed by atoms with Crippen molar-refractivity contribution in [2.45, 2.75) is 44.3 Å². The highest BCUT2D eigenvalue weighted by molar-refractivity contribution is 8.00. The smallest absolute Gasteiger partial charge is 0.242 e. The Hall–Kier alpha value is -3.84. The first-order valence-corrected chi connectivity index (χ1v) is 12.6. The number of ether oxygens (including phenoxy) is 1. The summed E-state index contributed by atoms with van der Waals surface area (Å²) in [5.74, 6) is 1.31. The summed E-state index contributed by atoms with van der Waals surface area (Å²) in [6.45, 7) is 10.7. The fourth-order valence-electron chi connectivity index (χ4n) is 3.68. The molecule has 1 amide bonds. The summed E-state index contributed by atoms with van der Waals surface area (Å²) in [4.78, 5) is 13.6. The number of nitrogens with zero attached hydrogens (tertiary/aromatic N) is 3. The maximum atomic E-state index is 13.6. The number of aryl methyl sites for hydroxylation is 3. The zero-order valence-corrected chi connectivity index (χ0v) is 21.6. The van der Waals surface area contributed by atoms with E-state index in [1.54, 1.807) is 6.08 Å². The van der Waals surface area contributed by atoms with E-state index in [-0.39, 0.29) is 12.5 Å². The second kappa shape index (κ2) is 11.7. The van der Waals surface area contributed by atoms with Gasteiger partial charge in [0.2, 0.25) is 5.91 Å². The first-order valence-electron chi connectivity index (χ1n) is 11.8. The third-order valence-electron chi connectivity index (χ3n) is 5.71. The second-order valence-corrected chi connectivity index (χ2v) is 9.69. The van der Waals surface area contributed by atoms with Crippen LogP contribution < -0.4 is 10.1 Å². The number of carbonyl (C=O) groups is 1. The highest BCUT2D eigenvalue weighted by atomic mass is 32.2. The van der Waals surface area contributed by atoms with Gasteiger partial charge in [0.05, 0.1) is 0 Å². The van der Waals surface area contributed by atoms with Crippen LogP contribution in [0.15, 0.2) is 90.6 Å². The van der Waals surface area contributed by atoms with Crippen molar-refractivity contribution >= 4 is 23.4 Å². The van der Waals surface area contributed by atoms with E-state index < -0.39 is 5.25 Å². The van der Waals surface area contributed by atoms with Crippen LogP contribution in [0.25, 0.3) is 0 Å². The van der Waals surface area contributed by atoms with Crippen molar-refractivity contribution in [2.75, 3.05) is 5.32 Å². The van der Waals surface area contributed by atoms with Gasteiger partial charge in [-0.2, -0.15) is 0 Å². The van der Waals surface area contributed by atoms with Crippen LogP contribution in [0.1, 0.15) is 33.3 Å². The minimum Gasteiger partial charge on any atom is -0.486 e. The van der Waals surface area contributed by atoms with Gasteiger partial charge in [0, 0.05) is 12.2 Å². The predicted octanol–water partition coefficient (Wildman–Crippen LogP) is 6.44. The van der Waals surface area contributed by atoms with Crippen molar-refractivity contribution in [3.05, 3.63) is 114 Å². The predicted molar refractivity (Wildman–Crippen MR) is 145 cm³/mol. The van der Waals surface area contributed by atoms with E-state index in [2.05, 4.69) is 22.1 Å². The third kappa shape index (κ3) is 6.23. The SMILES string of the molecule is C=CCn1c(COc2ccc(C)cc2)nnc1S[C@H](C(=O)Nc1cc(C)ccc1C)c1ccccc1. The van der Waals surface area contributed by atoms with E-state index in [4.69, 9.17) is 4.74 Å². The molecule has 7 heteroatoms. The molecule has 0 saturated heterocycles. The maximum absolute atomic E-state index is 13.6. The fraction of sp³-hybridized carbons (Fsp3) is 0.207. The Bertz CT molecular complexity index is 1330. The zero-order valence-electron chi connectivity index (χ0n) is 20.8. The van der Waals surface area contributed by atoms with Crippen LogP contribution in [0.3, 0.4) is 0 Å². The van der Waals surface area contributed by atoms with E-state index in [0.29, 0.717) is 17.5 Å². The molecule has 3 aromatic carbocycles. The average molecular weight is 499 g/mol. The van der Waals surface area contributed by atoms with Crippen molar-refractivity contribution < 1.29 is 9.53 Å². The summed E-state index contributed by atoms with van der Waals surface area (Å²) < 4.78 is 7.88. The van der Waals surface area contributed by atoms with Crippen molar-refractivity contribution in [1.29, 1.82) is 0 Å². The zero-order chi connectivity index (χ0) is 25.5. The van der Waals surface area contributed by atoms with E-state index in [0.717, 1.165) is 28.1 Å². The van der Waals surface area contributed by atoms with Gasteiger partial charge >= 0.3 is 0 Å². The average Bonchev–Trinajstić information content (AvgIpc) is 3.26. The monoisotopic (exact) mass is 498 g/mol. The molecule has 0 aliphatic carbocycles. The Morgan fingerprint density at radius 3 is 2.47 bits per heavy atom. The summed E-state index contributed by atoms with van der Waals surface area (Å²) in [6.07, 6.45) is 1.79. The van der Waals surface area contributed by atoms with Gasteiger partial charge < -0.3 is 10.1 Å². The molecule has 1 N–H and O–H groups in total. The highest BCUT2D eigenvalue weighted by Gasteiger charge is 2.26. The molecular formula is C29H30N4O2S. The first-order chi connectivity index (χ1) is 17.4. The van der Waals surface area contributed by atoms with Gasteiger partial charge in [0.15, 0.2) is 11.0 Å². The van der Waals surface area contributed by atoms with Gasteiger partial charge in [-0.1, -0.05) is 78.0 Å². The molecule has 6 nitrogen and oxygen atoms in total.